The summed E-state index contributed by atoms with van der Waals surface area (Å²) in [6.07, 6.45) is -0.860. The fourth-order valence-corrected chi connectivity index (χ4v) is 2.41. The SMILES string of the molecule is O=C(Nc1cc(C(=O)O)sc1C(=O)O)OCc1ccccc1. The van der Waals surface area contributed by atoms with Gasteiger partial charge in [-0.3, -0.25) is 5.32 Å². The number of rotatable bonds is 5. The van der Waals surface area contributed by atoms with Crippen molar-refractivity contribution in [1.29, 1.82) is 0 Å². The van der Waals surface area contributed by atoms with Gasteiger partial charge in [-0.1, -0.05) is 30.3 Å². The molecule has 0 aliphatic heterocycles. The number of aromatic carboxylic acids is 2. The molecule has 0 aliphatic carbocycles. The first kappa shape index (κ1) is 15.5. The normalized spacial score (nSPS) is 10.0. The van der Waals surface area contributed by atoms with E-state index in [1.54, 1.807) is 24.3 Å². The lowest BCUT2D eigenvalue weighted by Crippen LogP contribution is -2.14. The number of ether oxygens (including phenoxy) is 1. The highest BCUT2D eigenvalue weighted by Gasteiger charge is 2.20. The lowest BCUT2D eigenvalue weighted by Gasteiger charge is -2.06. The second-order valence-electron chi connectivity index (χ2n) is 4.15. The van der Waals surface area contributed by atoms with Gasteiger partial charge in [-0.05, 0) is 11.6 Å². The summed E-state index contributed by atoms with van der Waals surface area (Å²) in [5, 5.41) is 20.1. The number of thiophene rings is 1. The fourth-order valence-electron chi connectivity index (χ4n) is 1.62. The summed E-state index contributed by atoms with van der Waals surface area (Å²) in [7, 11) is 0. The standard InChI is InChI=1S/C14H11NO6S/c16-12(17)10-6-9(11(22-10)13(18)19)15-14(20)21-7-8-4-2-1-3-5-8/h1-6H,7H2,(H,15,20)(H,16,17)(H,18,19). The minimum atomic E-state index is -1.32. The van der Waals surface area contributed by atoms with E-state index in [1.165, 1.54) is 0 Å². The molecule has 0 radical (unpaired) electrons. The van der Waals surface area contributed by atoms with E-state index in [1.807, 2.05) is 6.07 Å². The summed E-state index contributed by atoms with van der Waals surface area (Å²) in [4.78, 5) is 33.1. The molecule has 1 aromatic carbocycles. The van der Waals surface area contributed by atoms with Crippen molar-refractivity contribution in [1.82, 2.24) is 0 Å². The van der Waals surface area contributed by atoms with Crippen molar-refractivity contribution < 1.29 is 29.3 Å². The Kier molecular flexibility index (Phi) is 4.74. The molecule has 7 nitrogen and oxygen atoms in total. The smallest absolute Gasteiger partial charge is 0.412 e. The lowest BCUT2D eigenvalue weighted by molar-refractivity contribution is 0.0693. The Morgan fingerprint density at radius 1 is 1.09 bits per heavy atom. The topological polar surface area (TPSA) is 113 Å². The maximum absolute atomic E-state index is 11.7. The second-order valence-corrected chi connectivity index (χ2v) is 5.20. The van der Waals surface area contributed by atoms with Crippen LogP contribution in [0.5, 0.6) is 0 Å². The van der Waals surface area contributed by atoms with Gasteiger partial charge in [0.05, 0.1) is 5.69 Å². The van der Waals surface area contributed by atoms with E-state index in [0.29, 0.717) is 11.3 Å². The minimum absolute atomic E-state index is 0.0189. The Labute approximate surface area is 128 Å². The van der Waals surface area contributed by atoms with Crippen LogP contribution in [0.4, 0.5) is 10.5 Å². The van der Waals surface area contributed by atoms with Gasteiger partial charge < -0.3 is 14.9 Å². The van der Waals surface area contributed by atoms with Crippen molar-refractivity contribution >= 4 is 35.1 Å². The number of carbonyl (C=O) groups excluding carboxylic acids is 1. The molecular weight excluding hydrogens is 310 g/mol. The molecule has 114 valence electrons. The summed E-state index contributed by atoms with van der Waals surface area (Å²) in [5.74, 6) is -2.59. The highest BCUT2D eigenvalue weighted by atomic mass is 32.1. The zero-order valence-corrected chi connectivity index (χ0v) is 11.9. The van der Waals surface area contributed by atoms with E-state index in [9.17, 15) is 14.4 Å². The molecule has 1 amide bonds. The summed E-state index contributed by atoms with van der Waals surface area (Å²) >= 11 is 0.563. The molecule has 0 saturated carbocycles. The number of carboxylic acids is 2. The van der Waals surface area contributed by atoms with E-state index in [2.05, 4.69) is 5.32 Å². The first-order chi connectivity index (χ1) is 10.5. The minimum Gasteiger partial charge on any atom is -0.477 e. The molecule has 1 heterocycles. The van der Waals surface area contributed by atoms with Crippen molar-refractivity contribution in [2.24, 2.45) is 0 Å². The zero-order chi connectivity index (χ0) is 16.1. The third kappa shape index (κ3) is 3.83. The molecule has 3 N–H and O–H groups in total. The Morgan fingerprint density at radius 2 is 1.77 bits per heavy atom. The molecule has 0 aliphatic rings. The molecule has 22 heavy (non-hydrogen) atoms. The molecule has 0 spiro atoms. The van der Waals surface area contributed by atoms with Crippen LogP contribution >= 0.6 is 11.3 Å². The van der Waals surface area contributed by atoms with Crippen LogP contribution in [0.3, 0.4) is 0 Å². The van der Waals surface area contributed by atoms with Crippen LogP contribution in [0.1, 0.15) is 24.9 Å². The third-order valence-corrected chi connectivity index (χ3v) is 3.70. The summed E-state index contributed by atoms with van der Waals surface area (Å²) in [6.45, 7) is 0.0189. The average Bonchev–Trinajstić information content (AvgIpc) is 2.90. The van der Waals surface area contributed by atoms with Crippen molar-refractivity contribution in [3.8, 4) is 0 Å². The highest BCUT2D eigenvalue weighted by molar-refractivity contribution is 7.16. The van der Waals surface area contributed by atoms with Crippen LogP contribution in [0, 0.1) is 0 Å². The quantitative estimate of drug-likeness (QED) is 0.780. The van der Waals surface area contributed by atoms with Gasteiger partial charge in [0, 0.05) is 0 Å². The summed E-state index contributed by atoms with van der Waals surface area (Å²) in [6, 6.07) is 10.0. The van der Waals surface area contributed by atoms with Gasteiger partial charge in [0.15, 0.2) is 0 Å². The summed E-state index contributed by atoms with van der Waals surface area (Å²) < 4.78 is 4.95. The molecule has 0 bridgehead atoms. The molecular formula is C14H11NO6S. The number of carboxylic acid groups (broad SMARTS) is 2. The lowest BCUT2D eigenvalue weighted by atomic mass is 10.2. The van der Waals surface area contributed by atoms with Crippen molar-refractivity contribution in [2.45, 2.75) is 6.61 Å². The highest BCUT2D eigenvalue weighted by Crippen LogP contribution is 2.27. The molecule has 1 aromatic heterocycles. The molecule has 0 saturated heterocycles. The Hall–Kier alpha value is -2.87. The third-order valence-electron chi connectivity index (χ3n) is 2.59. The van der Waals surface area contributed by atoms with Crippen LogP contribution < -0.4 is 5.32 Å². The van der Waals surface area contributed by atoms with E-state index in [0.717, 1.165) is 11.6 Å². The number of anilines is 1. The number of amides is 1. The van der Waals surface area contributed by atoms with Crippen LogP contribution in [0.2, 0.25) is 0 Å². The van der Waals surface area contributed by atoms with Crippen molar-refractivity contribution in [2.75, 3.05) is 5.32 Å². The van der Waals surface area contributed by atoms with Crippen molar-refractivity contribution in [3.63, 3.8) is 0 Å². The fraction of sp³-hybridized carbons (Fsp3) is 0.0714. The van der Waals surface area contributed by atoms with Crippen LogP contribution in [0.15, 0.2) is 36.4 Å². The van der Waals surface area contributed by atoms with E-state index in [-0.39, 0.29) is 22.0 Å². The Morgan fingerprint density at radius 3 is 2.36 bits per heavy atom. The van der Waals surface area contributed by atoms with E-state index >= 15 is 0 Å². The van der Waals surface area contributed by atoms with Gasteiger partial charge in [0.1, 0.15) is 16.4 Å². The number of carbonyl (C=O) groups is 3. The predicted octanol–water partition coefficient (Wildman–Crippen LogP) is 2.89. The molecule has 0 unspecified atom stereocenters. The number of hydrogen-bond donors (Lipinski definition) is 3. The van der Waals surface area contributed by atoms with E-state index in [4.69, 9.17) is 14.9 Å². The Bertz CT molecular complexity index is 709. The molecule has 0 atom stereocenters. The largest absolute Gasteiger partial charge is 0.477 e. The van der Waals surface area contributed by atoms with Gasteiger partial charge in [-0.2, -0.15) is 0 Å². The average molecular weight is 321 g/mol. The van der Waals surface area contributed by atoms with Gasteiger partial charge >= 0.3 is 18.0 Å². The van der Waals surface area contributed by atoms with Gasteiger partial charge in [0.2, 0.25) is 0 Å². The molecule has 8 heteroatoms. The van der Waals surface area contributed by atoms with Gasteiger partial charge in [0.25, 0.3) is 0 Å². The van der Waals surface area contributed by atoms with Gasteiger partial charge in [-0.25, -0.2) is 14.4 Å². The molecule has 2 aromatic rings. The number of hydrogen-bond acceptors (Lipinski definition) is 5. The first-order valence-corrected chi connectivity index (χ1v) is 6.87. The second kappa shape index (κ2) is 6.72. The Balaban J connectivity index is 2.04. The monoisotopic (exact) mass is 321 g/mol. The number of benzene rings is 1. The van der Waals surface area contributed by atoms with Crippen LogP contribution in [-0.2, 0) is 11.3 Å². The molecule has 0 fully saturated rings. The van der Waals surface area contributed by atoms with Crippen LogP contribution in [0.25, 0.3) is 0 Å². The maximum atomic E-state index is 11.7. The van der Waals surface area contributed by atoms with Crippen LogP contribution in [-0.4, -0.2) is 28.2 Å². The number of nitrogens with one attached hydrogen (secondary N) is 1. The summed E-state index contributed by atoms with van der Waals surface area (Å²) in [5.41, 5.74) is 0.667. The zero-order valence-electron chi connectivity index (χ0n) is 11.1. The van der Waals surface area contributed by atoms with Gasteiger partial charge in [-0.15, -0.1) is 11.3 Å². The first-order valence-electron chi connectivity index (χ1n) is 6.05. The predicted molar refractivity (Wildman–Crippen MR) is 78.5 cm³/mol. The van der Waals surface area contributed by atoms with E-state index < -0.39 is 18.0 Å². The van der Waals surface area contributed by atoms with Crippen molar-refractivity contribution in [3.05, 3.63) is 51.7 Å². The maximum Gasteiger partial charge on any atom is 0.412 e. The molecule has 2 rings (SSSR count).